The highest BCUT2D eigenvalue weighted by Crippen LogP contribution is 2.64. The van der Waals surface area contributed by atoms with Gasteiger partial charge in [-0.1, -0.05) is 18.2 Å². The molecule has 0 radical (unpaired) electrons. The van der Waals surface area contributed by atoms with Gasteiger partial charge in [0, 0.05) is 16.9 Å². The largest absolute Gasteiger partial charge is 0.460 e. The van der Waals surface area contributed by atoms with Crippen molar-refractivity contribution in [2.75, 3.05) is 0 Å². The lowest BCUT2D eigenvalue weighted by Gasteiger charge is -2.42. The van der Waals surface area contributed by atoms with Crippen molar-refractivity contribution in [3.05, 3.63) is 30.3 Å². The van der Waals surface area contributed by atoms with E-state index in [2.05, 4.69) is 3.63 Å². The molecule has 0 spiro atoms. The van der Waals surface area contributed by atoms with Gasteiger partial charge in [-0.2, -0.15) is 86.7 Å². The summed E-state index contributed by atoms with van der Waals surface area (Å²) in [6.07, 6.45) is -7.89. The zero-order chi connectivity index (χ0) is 29.0. The van der Waals surface area contributed by atoms with Crippen molar-refractivity contribution in [1.82, 2.24) is 0 Å². The summed E-state index contributed by atoms with van der Waals surface area (Å²) >= 11 is -0.822. The van der Waals surface area contributed by atoms with E-state index < -0.39 is 74.0 Å². The number of hydrogen-bond acceptors (Lipinski definition) is 4. The van der Waals surface area contributed by atoms with Crippen LogP contribution in [0, 0.1) is 0 Å². The van der Waals surface area contributed by atoms with Crippen LogP contribution in [0.4, 0.5) is 74.6 Å². The second-order valence-electron chi connectivity index (χ2n) is 6.38. The topological polar surface area (TPSA) is 43.4 Å². The summed E-state index contributed by atoms with van der Waals surface area (Å²) in [7, 11) is -7.59. The van der Waals surface area contributed by atoms with Crippen LogP contribution in [-0.2, 0) is 13.7 Å². The molecular formula is C14H5F17O3S2. The SMILES string of the molecule is O=S(=O)(OSc1ccccc1)C(F)(F)C(F)(F)C(F)(F)C(F)(F)C(F)(F)C(F)(F)C(F)(F)C(F)(F)F. The molecule has 210 valence electrons. The Bertz CT molecular complexity index is 1030. The van der Waals surface area contributed by atoms with Crippen LogP contribution in [0.25, 0.3) is 0 Å². The van der Waals surface area contributed by atoms with Gasteiger partial charge in [-0.3, -0.25) is 0 Å². The lowest BCUT2D eigenvalue weighted by atomic mass is 9.91. The van der Waals surface area contributed by atoms with Crippen LogP contribution in [0.2, 0.25) is 0 Å². The Morgan fingerprint density at radius 3 is 1.22 bits per heavy atom. The lowest BCUT2D eigenvalue weighted by molar-refractivity contribution is -0.458. The van der Waals surface area contributed by atoms with Crippen molar-refractivity contribution in [3.8, 4) is 0 Å². The Labute approximate surface area is 191 Å². The van der Waals surface area contributed by atoms with Crippen LogP contribution in [0.5, 0.6) is 0 Å². The van der Waals surface area contributed by atoms with E-state index >= 15 is 0 Å². The molecular weight excluding hydrogens is 603 g/mol. The second kappa shape index (κ2) is 8.95. The van der Waals surface area contributed by atoms with E-state index in [4.69, 9.17) is 0 Å². The maximum absolute atomic E-state index is 13.8. The van der Waals surface area contributed by atoms with Gasteiger partial charge >= 0.3 is 57.1 Å². The quantitative estimate of drug-likeness (QED) is 0.212. The number of rotatable bonds is 10. The van der Waals surface area contributed by atoms with Crippen LogP contribution >= 0.6 is 12.0 Å². The van der Waals surface area contributed by atoms with Gasteiger partial charge in [0.1, 0.15) is 0 Å². The van der Waals surface area contributed by atoms with E-state index in [-0.39, 0.29) is 0 Å². The molecule has 0 N–H and O–H groups in total. The predicted octanol–water partition coefficient (Wildman–Crippen LogP) is 7.01. The van der Waals surface area contributed by atoms with Crippen molar-refractivity contribution >= 4 is 22.2 Å². The van der Waals surface area contributed by atoms with Gasteiger partial charge < -0.3 is 0 Å². The van der Waals surface area contributed by atoms with Crippen LogP contribution in [0.3, 0.4) is 0 Å². The average Bonchev–Trinajstić information content (AvgIpc) is 2.71. The molecule has 0 heterocycles. The summed E-state index contributed by atoms with van der Waals surface area (Å²) in [5.41, 5.74) is 0. The van der Waals surface area contributed by atoms with Crippen LogP contribution in [0.1, 0.15) is 0 Å². The number of hydrogen-bond donors (Lipinski definition) is 0. The van der Waals surface area contributed by atoms with Crippen molar-refractivity contribution in [2.24, 2.45) is 0 Å². The summed E-state index contributed by atoms with van der Waals surface area (Å²) in [5.74, 6) is -51.9. The van der Waals surface area contributed by atoms with Crippen molar-refractivity contribution < 1.29 is 86.7 Å². The maximum Gasteiger partial charge on any atom is 0.460 e. The Morgan fingerprint density at radius 1 is 0.528 bits per heavy atom. The molecule has 0 aliphatic heterocycles. The lowest BCUT2D eigenvalue weighted by Crippen LogP contribution is -2.75. The Morgan fingerprint density at radius 2 is 0.861 bits per heavy atom. The molecule has 0 unspecified atom stereocenters. The third-order valence-corrected chi connectivity index (χ3v) is 6.31. The summed E-state index contributed by atoms with van der Waals surface area (Å²) in [6.45, 7) is 0. The molecule has 1 rings (SSSR count). The minimum Gasteiger partial charge on any atom is -0.192 e. The van der Waals surface area contributed by atoms with E-state index in [0.29, 0.717) is 0 Å². The molecule has 0 atom stereocenters. The minimum absolute atomic E-state index is 0.558. The highest BCUT2D eigenvalue weighted by Gasteiger charge is 2.96. The van der Waals surface area contributed by atoms with Gasteiger partial charge in [0.15, 0.2) is 0 Å². The molecule has 0 saturated carbocycles. The van der Waals surface area contributed by atoms with Crippen LogP contribution < -0.4 is 0 Å². The smallest absolute Gasteiger partial charge is 0.192 e. The monoisotopic (exact) mass is 608 g/mol. The molecule has 0 bridgehead atoms. The summed E-state index contributed by atoms with van der Waals surface area (Å²) in [4.78, 5) is -0.558. The normalized spacial score (nSPS) is 15.8. The highest BCUT2D eigenvalue weighted by atomic mass is 32.3. The molecule has 22 heteroatoms. The summed E-state index contributed by atoms with van der Waals surface area (Å²) < 4.78 is 249. The molecule has 0 aliphatic rings. The summed E-state index contributed by atoms with van der Waals surface area (Å²) in [5, 5.41) is -7.70. The fraction of sp³-hybridized carbons (Fsp3) is 0.571. The molecule has 36 heavy (non-hydrogen) atoms. The first kappa shape index (κ1) is 32.3. The van der Waals surface area contributed by atoms with E-state index in [1.807, 2.05) is 0 Å². The number of halogens is 17. The predicted molar refractivity (Wildman–Crippen MR) is 83.0 cm³/mol. The van der Waals surface area contributed by atoms with Crippen molar-refractivity contribution in [2.45, 2.75) is 51.9 Å². The standard InChI is InChI=1S/C14H5F17O3S2/c15-7(16,9(19,20)11(23,24)13(27,28)29)8(17,18)10(21,22)12(25,26)14(30,31)36(32,33)34-35-6-4-2-1-3-5-6/h1-5H. The highest BCUT2D eigenvalue weighted by molar-refractivity contribution is 8.04. The zero-order valence-corrected chi connectivity index (χ0v) is 17.5. The van der Waals surface area contributed by atoms with Crippen LogP contribution in [0.15, 0.2) is 35.2 Å². The molecule has 0 amide bonds. The van der Waals surface area contributed by atoms with E-state index in [0.717, 1.165) is 24.3 Å². The molecule has 3 nitrogen and oxygen atoms in total. The molecule has 0 aliphatic carbocycles. The average molecular weight is 608 g/mol. The molecule has 1 aromatic rings. The second-order valence-corrected chi connectivity index (χ2v) is 8.98. The fourth-order valence-corrected chi connectivity index (χ4v) is 3.63. The van der Waals surface area contributed by atoms with Gasteiger partial charge in [0.25, 0.3) is 0 Å². The zero-order valence-electron chi connectivity index (χ0n) is 15.9. The molecule has 1 aromatic carbocycles. The number of benzene rings is 1. The molecule has 0 aromatic heterocycles. The fourth-order valence-electron chi connectivity index (χ4n) is 1.91. The van der Waals surface area contributed by atoms with E-state index in [9.17, 15) is 83.1 Å². The van der Waals surface area contributed by atoms with Gasteiger partial charge in [-0.05, 0) is 12.1 Å². The Kier molecular flexibility index (Phi) is 8.03. The first-order valence-electron chi connectivity index (χ1n) is 7.95. The van der Waals surface area contributed by atoms with Crippen LogP contribution in [-0.4, -0.2) is 55.4 Å². The van der Waals surface area contributed by atoms with Gasteiger partial charge in [0.05, 0.1) is 0 Å². The Hall–Kier alpha value is -1.71. The van der Waals surface area contributed by atoms with Gasteiger partial charge in [-0.25, -0.2) is 0 Å². The molecule has 0 saturated heterocycles. The minimum atomic E-state index is -8.88. The third-order valence-electron chi connectivity index (χ3n) is 3.97. The van der Waals surface area contributed by atoms with Crippen molar-refractivity contribution in [3.63, 3.8) is 0 Å². The van der Waals surface area contributed by atoms with E-state index in [1.54, 1.807) is 0 Å². The first-order valence-corrected chi connectivity index (χ1v) is 10.1. The maximum atomic E-state index is 13.8. The Balaban J connectivity index is 3.58. The third kappa shape index (κ3) is 4.45. The van der Waals surface area contributed by atoms with Gasteiger partial charge in [-0.15, -0.1) is 0 Å². The van der Waals surface area contributed by atoms with Crippen molar-refractivity contribution in [1.29, 1.82) is 0 Å². The van der Waals surface area contributed by atoms with Gasteiger partial charge in [0.2, 0.25) is 0 Å². The summed E-state index contributed by atoms with van der Waals surface area (Å²) in [6, 6.07) is 4.87. The number of alkyl halides is 17. The van der Waals surface area contributed by atoms with E-state index in [1.165, 1.54) is 6.07 Å². The molecule has 0 fully saturated rings. The first-order chi connectivity index (χ1) is 15.6.